The van der Waals surface area contributed by atoms with E-state index in [9.17, 15) is 0 Å². The highest BCUT2D eigenvalue weighted by Crippen LogP contribution is 2.09. The van der Waals surface area contributed by atoms with Gasteiger partial charge in [-0.25, -0.2) is 9.67 Å². The van der Waals surface area contributed by atoms with Gasteiger partial charge in [0.15, 0.2) is 5.96 Å². The van der Waals surface area contributed by atoms with Crippen molar-refractivity contribution >= 4 is 29.9 Å². The molecule has 0 saturated heterocycles. The molecule has 0 spiro atoms. The molecule has 0 amide bonds. The molecule has 2 rings (SSSR count). The van der Waals surface area contributed by atoms with E-state index in [0.717, 1.165) is 31.2 Å². The van der Waals surface area contributed by atoms with Crippen molar-refractivity contribution in [2.24, 2.45) is 4.99 Å². The second kappa shape index (κ2) is 10.2. The fourth-order valence-corrected chi connectivity index (χ4v) is 1.93. The molecule has 0 aliphatic rings. The van der Waals surface area contributed by atoms with Crippen molar-refractivity contribution in [3.8, 4) is 5.69 Å². The lowest BCUT2D eigenvalue weighted by Gasteiger charge is -2.10. The minimum Gasteiger partial charge on any atom is -0.357 e. The van der Waals surface area contributed by atoms with Crippen molar-refractivity contribution in [2.75, 3.05) is 13.1 Å². The van der Waals surface area contributed by atoms with E-state index >= 15 is 0 Å². The number of nitrogens with zero attached hydrogens (tertiary/aromatic N) is 3. The Morgan fingerprint density at radius 3 is 2.55 bits per heavy atom. The molecule has 1 aromatic carbocycles. The number of benzene rings is 1. The number of hydrogen-bond acceptors (Lipinski definition) is 2. The Hall–Kier alpha value is -1.57. The largest absolute Gasteiger partial charge is 0.357 e. The summed E-state index contributed by atoms with van der Waals surface area (Å²) in [6, 6.07) is 10.2. The maximum absolute atomic E-state index is 4.59. The van der Waals surface area contributed by atoms with E-state index in [1.165, 1.54) is 5.56 Å². The van der Waals surface area contributed by atoms with Crippen LogP contribution in [0.3, 0.4) is 0 Å². The zero-order chi connectivity index (χ0) is 14.9. The van der Waals surface area contributed by atoms with Gasteiger partial charge in [0, 0.05) is 25.5 Å². The number of hydrogen-bond donors (Lipinski definition) is 2. The maximum atomic E-state index is 4.59. The SMILES string of the molecule is CCCNC(=NCc1ccc(-n2cccn2)cc1)NCC.I. The van der Waals surface area contributed by atoms with Crippen molar-refractivity contribution in [1.82, 2.24) is 20.4 Å². The fourth-order valence-electron chi connectivity index (χ4n) is 1.93. The highest BCUT2D eigenvalue weighted by Gasteiger charge is 1.98. The van der Waals surface area contributed by atoms with Gasteiger partial charge in [-0.3, -0.25) is 0 Å². The molecule has 0 radical (unpaired) electrons. The molecule has 1 heterocycles. The Balaban J connectivity index is 0.00000242. The Labute approximate surface area is 149 Å². The fraction of sp³-hybridized carbons (Fsp3) is 0.375. The standard InChI is InChI=1S/C16H23N5.HI/c1-3-10-18-16(17-4-2)19-13-14-6-8-15(9-7-14)21-12-5-11-20-21;/h5-9,11-12H,3-4,10,13H2,1-2H3,(H2,17,18,19);1H. The van der Waals surface area contributed by atoms with Crippen molar-refractivity contribution < 1.29 is 0 Å². The highest BCUT2D eigenvalue weighted by atomic mass is 127. The number of aromatic nitrogens is 2. The van der Waals surface area contributed by atoms with Gasteiger partial charge in [0.2, 0.25) is 0 Å². The molecule has 0 saturated carbocycles. The topological polar surface area (TPSA) is 54.2 Å². The summed E-state index contributed by atoms with van der Waals surface area (Å²) >= 11 is 0. The van der Waals surface area contributed by atoms with Crippen molar-refractivity contribution in [1.29, 1.82) is 0 Å². The van der Waals surface area contributed by atoms with Crippen molar-refractivity contribution in [2.45, 2.75) is 26.8 Å². The van der Waals surface area contributed by atoms with Crippen LogP contribution in [-0.4, -0.2) is 28.8 Å². The van der Waals surface area contributed by atoms with Crippen LogP contribution in [0.2, 0.25) is 0 Å². The van der Waals surface area contributed by atoms with E-state index in [-0.39, 0.29) is 24.0 Å². The lowest BCUT2D eigenvalue weighted by atomic mass is 10.2. The minimum absolute atomic E-state index is 0. The minimum atomic E-state index is 0. The Morgan fingerprint density at radius 2 is 1.95 bits per heavy atom. The number of guanidine groups is 1. The van der Waals surface area contributed by atoms with Gasteiger partial charge in [-0.15, -0.1) is 24.0 Å². The van der Waals surface area contributed by atoms with Crippen LogP contribution in [0.1, 0.15) is 25.8 Å². The first-order valence-electron chi connectivity index (χ1n) is 7.44. The van der Waals surface area contributed by atoms with E-state index in [4.69, 9.17) is 0 Å². The van der Waals surface area contributed by atoms with Gasteiger partial charge < -0.3 is 10.6 Å². The van der Waals surface area contributed by atoms with Gasteiger partial charge in [-0.1, -0.05) is 19.1 Å². The van der Waals surface area contributed by atoms with Gasteiger partial charge in [-0.05, 0) is 37.1 Å². The Morgan fingerprint density at radius 1 is 1.18 bits per heavy atom. The second-order valence-corrected chi connectivity index (χ2v) is 4.74. The molecule has 0 bridgehead atoms. The average molecular weight is 413 g/mol. The molecule has 0 aliphatic heterocycles. The average Bonchev–Trinajstić information content (AvgIpc) is 3.05. The predicted octanol–water partition coefficient (Wildman–Crippen LogP) is 2.96. The third-order valence-electron chi connectivity index (χ3n) is 3.01. The van der Waals surface area contributed by atoms with Gasteiger partial charge >= 0.3 is 0 Å². The molecule has 6 heteroatoms. The van der Waals surface area contributed by atoms with Gasteiger partial charge in [0.1, 0.15) is 0 Å². The van der Waals surface area contributed by atoms with Crippen LogP contribution in [0.25, 0.3) is 5.69 Å². The molecule has 1 aromatic heterocycles. The molecule has 2 N–H and O–H groups in total. The molecule has 0 unspecified atom stereocenters. The zero-order valence-corrected chi connectivity index (χ0v) is 15.5. The van der Waals surface area contributed by atoms with E-state index in [1.54, 1.807) is 6.20 Å². The first-order valence-corrected chi connectivity index (χ1v) is 7.44. The normalized spacial score (nSPS) is 10.9. The van der Waals surface area contributed by atoms with Crippen LogP contribution in [0.4, 0.5) is 0 Å². The van der Waals surface area contributed by atoms with Crippen molar-refractivity contribution in [3.05, 3.63) is 48.3 Å². The van der Waals surface area contributed by atoms with Gasteiger partial charge in [-0.2, -0.15) is 5.10 Å². The molecule has 0 atom stereocenters. The van der Waals surface area contributed by atoms with Crippen LogP contribution in [0, 0.1) is 0 Å². The summed E-state index contributed by atoms with van der Waals surface area (Å²) in [5.74, 6) is 0.871. The number of aliphatic imine (C=N–C) groups is 1. The maximum Gasteiger partial charge on any atom is 0.191 e. The van der Waals surface area contributed by atoms with Crippen molar-refractivity contribution in [3.63, 3.8) is 0 Å². The summed E-state index contributed by atoms with van der Waals surface area (Å²) < 4.78 is 1.85. The van der Waals surface area contributed by atoms with E-state index < -0.39 is 0 Å². The molecule has 0 fully saturated rings. The Bertz CT molecular complexity index is 548. The summed E-state index contributed by atoms with van der Waals surface area (Å²) in [5, 5.41) is 10.8. The molecule has 5 nitrogen and oxygen atoms in total. The number of rotatable bonds is 6. The molecular weight excluding hydrogens is 389 g/mol. The zero-order valence-electron chi connectivity index (χ0n) is 13.1. The first kappa shape index (κ1) is 18.5. The van der Waals surface area contributed by atoms with Gasteiger partial charge in [0.25, 0.3) is 0 Å². The highest BCUT2D eigenvalue weighted by molar-refractivity contribution is 14.0. The lowest BCUT2D eigenvalue weighted by Crippen LogP contribution is -2.37. The lowest BCUT2D eigenvalue weighted by molar-refractivity contribution is 0.785. The predicted molar refractivity (Wildman–Crippen MR) is 102 cm³/mol. The second-order valence-electron chi connectivity index (χ2n) is 4.74. The third kappa shape index (κ3) is 5.67. The molecule has 120 valence electrons. The molecule has 0 aliphatic carbocycles. The third-order valence-corrected chi connectivity index (χ3v) is 3.01. The van der Waals surface area contributed by atoms with E-state index in [2.05, 4.69) is 58.8 Å². The summed E-state index contributed by atoms with van der Waals surface area (Å²) in [4.78, 5) is 4.59. The van der Waals surface area contributed by atoms with E-state index in [0.29, 0.717) is 6.54 Å². The van der Waals surface area contributed by atoms with Crippen LogP contribution in [0.5, 0.6) is 0 Å². The quantitative estimate of drug-likeness (QED) is 0.435. The van der Waals surface area contributed by atoms with Crippen LogP contribution >= 0.6 is 24.0 Å². The number of halogens is 1. The smallest absolute Gasteiger partial charge is 0.191 e. The molecule has 2 aromatic rings. The van der Waals surface area contributed by atoms with Gasteiger partial charge in [0.05, 0.1) is 12.2 Å². The molecular formula is C16H24IN5. The summed E-state index contributed by atoms with van der Waals surface area (Å²) in [7, 11) is 0. The Kier molecular flexibility index (Phi) is 8.57. The van der Waals surface area contributed by atoms with E-state index in [1.807, 2.05) is 16.9 Å². The number of nitrogens with one attached hydrogen (secondary N) is 2. The van der Waals surface area contributed by atoms with Crippen LogP contribution in [-0.2, 0) is 6.54 Å². The molecule has 22 heavy (non-hydrogen) atoms. The van der Waals surface area contributed by atoms with Crippen LogP contribution in [0.15, 0.2) is 47.7 Å². The summed E-state index contributed by atoms with van der Waals surface area (Å²) in [6.45, 7) is 6.68. The first-order chi connectivity index (χ1) is 10.3. The monoisotopic (exact) mass is 413 g/mol. The summed E-state index contributed by atoms with van der Waals surface area (Å²) in [6.07, 6.45) is 4.80. The summed E-state index contributed by atoms with van der Waals surface area (Å²) in [5.41, 5.74) is 2.24. The van der Waals surface area contributed by atoms with Crippen LogP contribution < -0.4 is 10.6 Å².